The van der Waals surface area contributed by atoms with Crippen LogP contribution in [0.2, 0.25) is 0 Å². The SMILES string of the molecule is CCC(C)C(Cn1cncn1)c1ccc(Br)cc1Br.O=[N+]([O-])O. The van der Waals surface area contributed by atoms with E-state index in [1.807, 2.05) is 4.68 Å². The maximum atomic E-state index is 8.36. The van der Waals surface area contributed by atoms with Gasteiger partial charge in [-0.15, -0.1) is 10.1 Å². The van der Waals surface area contributed by atoms with Crippen molar-refractivity contribution in [2.75, 3.05) is 0 Å². The predicted octanol–water partition coefficient (Wildman–Crippen LogP) is 4.29. The lowest BCUT2D eigenvalue weighted by molar-refractivity contribution is -0.742. The minimum atomic E-state index is -1.50. The number of nitrogens with zero attached hydrogens (tertiary/aromatic N) is 4. The van der Waals surface area contributed by atoms with E-state index < -0.39 is 5.09 Å². The van der Waals surface area contributed by atoms with E-state index in [0.29, 0.717) is 11.8 Å². The molecule has 1 aromatic carbocycles. The molecule has 1 aromatic heterocycles. The average molecular weight is 450 g/mol. The van der Waals surface area contributed by atoms with Crippen LogP contribution in [0.1, 0.15) is 31.7 Å². The van der Waals surface area contributed by atoms with Crippen LogP contribution in [0, 0.1) is 16.0 Å². The number of aromatic nitrogens is 3. The summed E-state index contributed by atoms with van der Waals surface area (Å²) in [7, 11) is 0. The Hall–Kier alpha value is -1.48. The van der Waals surface area contributed by atoms with Gasteiger partial charge < -0.3 is 5.21 Å². The summed E-state index contributed by atoms with van der Waals surface area (Å²) in [6, 6.07) is 6.38. The molecule has 0 radical (unpaired) electrons. The third-order valence-electron chi connectivity index (χ3n) is 3.54. The van der Waals surface area contributed by atoms with E-state index in [4.69, 9.17) is 15.3 Å². The van der Waals surface area contributed by atoms with Crippen molar-refractivity contribution in [3.63, 3.8) is 0 Å². The van der Waals surface area contributed by atoms with Crippen molar-refractivity contribution < 1.29 is 10.3 Å². The molecule has 23 heavy (non-hydrogen) atoms. The van der Waals surface area contributed by atoms with Crippen molar-refractivity contribution in [3.05, 3.63) is 55.5 Å². The second-order valence-electron chi connectivity index (χ2n) is 5.01. The van der Waals surface area contributed by atoms with E-state index in [-0.39, 0.29) is 0 Å². The van der Waals surface area contributed by atoms with Gasteiger partial charge in [0.2, 0.25) is 0 Å². The number of rotatable bonds is 5. The molecule has 0 saturated carbocycles. The molecule has 0 bridgehead atoms. The standard InChI is InChI=1S/C14H17Br2N3.HNO3/c1-3-10(2)13(7-19-9-17-8-18-19)12-5-4-11(15)6-14(12)16;2-1(3)4/h4-6,8-10,13H,3,7H2,1-2H3;(H,2,3,4). The van der Waals surface area contributed by atoms with Crippen LogP contribution in [-0.2, 0) is 6.54 Å². The Kier molecular flexibility index (Phi) is 8.18. The number of hydrogen-bond donors (Lipinski definition) is 1. The zero-order valence-corrected chi connectivity index (χ0v) is 15.9. The third-order valence-corrected chi connectivity index (χ3v) is 4.72. The third kappa shape index (κ3) is 6.66. The van der Waals surface area contributed by atoms with Crippen molar-refractivity contribution in [2.45, 2.75) is 32.7 Å². The summed E-state index contributed by atoms with van der Waals surface area (Å²) in [4.78, 5) is 12.4. The summed E-state index contributed by atoms with van der Waals surface area (Å²) >= 11 is 7.18. The minimum absolute atomic E-state index is 0.425. The molecule has 0 spiro atoms. The first-order chi connectivity index (χ1) is 10.8. The Morgan fingerprint density at radius 2 is 2.09 bits per heavy atom. The second-order valence-corrected chi connectivity index (χ2v) is 6.78. The molecule has 0 aliphatic carbocycles. The van der Waals surface area contributed by atoms with Gasteiger partial charge >= 0.3 is 0 Å². The van der Waals surface area contributed by atoms with E-state index in [1.54, 1.807) is 12.7 Å². The Morgan fingerprint density at radius 3 is 2.57 bits per heavy atom. The molecule has 0 aliphatic rings. The minimum Gasteiger partial charge on any atom is -0.328 e. The van der Waals surface area contributed by atoms with Crippen molar-refractivity contribution >= 4 is 31.9 Å². The number of benzene rings is 1. The van der Waals surface area contributed by atoms with Crippen LogP contribution in [-0.4, -0.2) is 25.1 Å². The molecular weight excluding hydrogens is 432 g/mol. The van der Waals surface area contributed by atoms with Crippen molar-refractivity contribution in [3.8, 4) is 0 Å². The van der Waals surface area contributed by atoms with Crippen LogP contribution >= 0.6 is 31.9 Å². The van der Waals surface area contributed by atoms with Gasteiger partial charge in [-0.2, -0.15) is 5.10 Å². The lowest BCUT2D eigenvalue weighted by atomic mass is 9.85. The normalized spacial score (nSPS) is 12.9. The molecular formula is C14H18Br2N4O3. The van der Waals surface area contributed by atoms with Crippen LogP contribution in [0.3, 0.4) is 0 Å². The van der Waals surface area contributed by atoms with Gasteiger partial charge in [0.15, 0.2) is 0 Å². The van der Waals surface area contributed by atoms with E-state index in [9.17, 15) is 0 Å². The fourth-order valence-corrected chi connectivity index (χ4v) is 3.54. The lowest BCUT2D eigenvalue weighted by Crippen LogP contribution is -2.17. The summed E-state index contributed by atoms with van der Waals surface area (Å²) in [5, 5.41) is 17.9. The molecule has 1 N–H and O–H groups in total. The molecule has 7 nitrogen and oxygen atoms in total. The summed E-state index contributed by atoms with van der Waals surface area (Å²) in [6.07, 6.45) is 4.51. The maximum Gasteiger partial charge on any atom is 0.291 e. The highest BCUT2D eigenvalue weighted by Gasteiger charge is 2.21. The molecule has 0 aliphatic heterocycles. The van der Waals surface area contributed by atoms with Crippen LogP contribution < -0.4 is 0 Å². The first-order valence-electron chi connectivity index (χ1n) is 6.95. The van der Waals surface area contributed by atoms with Crippen LogP contribution in [0.25, 0.3) is 0 Å². The Bertz CT molecular complexity index is 618. The Balaban J connectivity index is 0.000000593. The van der Waals surface area contributed by atoms with Crippen LogP contribution in [0.15, 0.2) is 39.8 Å². The number of hydrogen-bond acceptors (Lipinski definition) is 4. The van der Waals surface area contributed by atoms with E-state index in [2.05, 4.69) is 74.0 Å². The zero-order valence-electron chi connectivity index (χ0n) is 12.8. The Morgan fingerprint density at radius 1 is 1.43 bits per heavy atom. The first kappa shape index (κ1) is 19.6. The van der Waals surface area contributed by atoms with Crippen molar-refractivity contribution in [1.29, 1.82) is 0 Å². The highest BCUT2D eigenvalue weighted by molar-refractivity contribution is 9.11. The zero-order chi connectivity index (χ0) is 17.4. The van der Waals surface area contributed by atoms with Gasteiger partial charge in [-0.3, -0.25) is 4.68 Å². The van der Waals surface area contributed by atoms with Gasteiger partial charge in [-0.1, -0.05) is 58.2 Å². The molecule has 2 unspecified atom stereocenters. The molecule has 0 amide bonds. The van der Waals surface area contributed by atoms with Gasteiger partial charge in [0.05, 0.1) is 0 Å². The lowest BCUT2D eigenvalue weighted by Gasteiger charge is -2.24. The summed E-state index contributed by atoms with van der Waals surface area (Å²) < 4.78 is 4.14. The molecule has 2 atom stereocenters. The summed E-state index contributed by atoms with van der Waals surface area (Å²) in [5.41, 5.74) is 1.33. The molecule has 126 valence electrons. The molecule has 2 rings (SSSR count). The molecule has 9 heteroatoms. The fourth-order valence-electron chi connectivity index (χ4n) is 2.20. The smallest absolute Gasteiger partial charge is 0.291 e. The molecule has 0 fully saturated rings. The second kappa shape index (κ2) is 9.61. The molecule has 2 aromatic rings. The topological polar surface area (TPSA) is 94.1 Å². The Labute approximate surface area is 151 Å². The van der Waals surface area contributed by atoms with Gasteiger partial charge in [-0.25, -0.2) is 4.98 Å². The number of halogens is 2. The quantitative estimate of drug-likeness (QED) is 0.542. The van der Waals surface area contributed by atoms with Crippen molar-refractivity contribution in [2.24, 2.45) is 5.92 Å². The van der Waals surface area contributed by atoms with E-state index in [0.717, 1.165) is 21.9 Å². The average Bonchev–Trinajstić information content (AvgIpc) is 2.97. The maximum absolute atomic E-state index is 8.36. The first-order valence-corrected chi connectivity index (χ1v) is 8.54. The molecule has 0 saturated heterocycles. The summed E-state index contributed by atoms with van der Waals surface area (Å²) in [6.45, 7) is 5.37. The largest absolute Gasteiger partial charge is 0.328 e. The van der Waals surface area contributed by atoms with Crippen LogP contribution in [0.4, 0.5) is 0 Å². The van der Waals surface area contributed by atoms with E-state index >= 15 is 0 Å². The van der Waals surface area contributed by atoms with Gasteiger partial charge in [0, 0.05) is 21.4 Å². The fraction of sp³-hybridized carbons (Fsp3) is 0.429. The highest BCUT2D eigenvalue weighted by Crippen LogP contribution is 2.34. The van der Waals surface area contributed by atoms with Crippen LogP contribution in [0.5, 0.6) is 0 Å². The van der Waals surface area contributed by atoms with Gasteiger partial charge in [-0.05, 0) is 23.6 Å². The molecule has 1 heterocycles. The predicted molar refractivity (Wildman–Crippen MR) is 92.8 cm³/mol. The summed E-state index contributed by atoms with van der Waals surface area (Å²) in [5.74, 6) is 1.01. The van der Waals surface area contributed by atoms with Gasteiger partial charge in [0.25, 0.3) is 5.09 Å². The highest BCUT2D eigenvalue weighted by atomic mass is 79.9. The van der Waals surface area contributed by atoms with Crippen molar-refractivity contribution in [1.82, 2.24) is 14.8 Å². The van der Waals surface area contributed by atoms with Gasteiger partial charge in [0.1, 0.15) is 12.7 Å². The monoisotopic (exact) mass is 448 g/mol. The van der Waals surface area contributed by atoms with E-state index in [1.165, 1.54) is 5.56 Å².